The molecule has 0 aliphatic carbocycles. The van der Waals surface area contributed by atoms with Crippen molar-refractivity contribution in [2.24, 2.45) is 5.41 Å². The van der Waals surface area contributed by atoms with Gasteiger partial charge >= 0.3 is 5.97 Å². The fourth-order valence-electron chi connectivity index (χ4n) is 1.71. The van der Waals surface area contributed by atoms with E-state index in [2.05, 4.69) is 6.07 Å². The molecule has 0 saturated heterocycles. The summed E-state index contributed by atoms with van der Waals surface area (Å²) in [4.78, 5) is 12.0. The topological polar surface area (TPSA) is 70.3 Å². The SMILES string of the molecule is CC(C#N)(CCC(=O)OCCO)C(=S)c1ccccc1. The van der Waals surface area contributed by atoms with Crippen LogP contribution in [0.5, 0.6) is 0 Å². The summed E-state index contributed by atoms with van der Waals surface area (Å²) >= 11 is 5.38. The van der Waals surface area contributed by atoms with Gasteiger partial charge in [0.25, 0.3) is 0 Å². The summed E-state index contributed by atoms with van der Waals surface area (Å²) in [6.07, 6.45) is 0.387. The van der Waals surface area contributed by atoms with E-state index in [1.807, 2.05) is 30.3 Å². The van der Waals surface area contributed by atoms with Gasteiger partial charge in [-0.1, -0.05) is 42.5 Å². The number of nitrogens with zero attached hydrogens (tertiary/aromatic N) is 1. The van der Waals surface area contributed by atoms with Gasteiger partial charge in [0.1, 0.15) is 6.61 Å². The van der Waals surface area contributed by atoms with Gasteiger partial charge in [-0.15, -0.1) is 0 Å². The lowest BCUT2D eigenvalue weighted by Crippen LogP contribution is -2.26. The number of benzene rings is 1. The molecule has 1 aromatic carbocycles. The van der Waals surface area contributed by atoms with E-state index in [4.69, 9.17) is 22.1 Å². The van der Waals surface area contributed by atoms with Crippen LogP contribution in [0.15, 0.2) is 30.3 Å². The molecule has 1 rings (SSSR count). The predicted octanol–water partition coefficient (Wildman–Crippen LogP) is 2.25. The normalized spacial score (nSPS) is 13.1. The fourth-order valence-corrected chi connectivity index (χ4v) is 2.00. The maximum atomic E-state index is 11.4. The summed E-state index contributed by atoms with van der Waals surface area (Å²) in [6, 6.07) is 11.5. The van der Waals surface area contributed by atoms with Gasteiger partial charge in [-0.05, 0) is 18.9 Å². The third-order valence-electron chi connectivity index (χ3n) is 2.97. The van der Waals surface area contributed by atoms with Crippen molar-refractivity contribution < 1.29 is 14.6 Å². The molecule has 20 heavy (non-hydrogen) atoms. The Hall–Kier alpha value is -1.77. The quantitative estimate of drug-likeness (QED) is 0.474. The molecule has 1 atom stereocenters. The lowest BCUT2D eigenvalue weighted by molar-refractivity contribution is -0.144. The highest BCUT2D eigenvalue weighted by Gasteiger charge is 2.31. The number of aliphatic hydroxyl groups is 1. The number of carbonyl (C=O) groups is 1. The number of esters is 1. The standard InChI is InChI=1S/C15H17NO3S/c1-15(11-16,8-7-13(18)19-10-9-17)14(20)12-5-3-2-4-6-12/h2-6,17H,7-10H2,1H3. The summed E-state index contributed by atoms with van der Waals surface area (Å²) in [5, 5.41) is 18.0. The summed E-state index contributed by atoms with van der Waals surface area (Å²) in [5.41, 5.74) is -0.0789. The smallest absolute Gasteiger partial charge is 0.305 e. The van der Waals surface area contributed by atoms with Crippen molar-refractivity contribution in [3.63, 3.8) is 0 Å². The van der Waals surface area contributed by atoms with Crippen LogP contribution in [0.3, 0.4) is 0 Å². The van der Waals surface area contributed by atoms with Crippen LogP contribution >= 0.6 is 12.2 Å². The minimum Gasteiger partial charge on any atom is -0.463 e. The van der Waals surface area contributed by atoms with Crippen molar-refractivity contribution in [1.29, 1.82) is 5.26 Å². The zero-order valence-electron chi connectivity index (χ0n) is 11.3. The Morgan fingerprint density at radius 2 is 2.10 bits per heavy atom. The maximum Gasteiger partial charge on any atom is 0.305 e. The molecule has 1 aromatic rings. The van der Waals surface area contributed by atoms with E-state index in [0.717, 1.165) is 5.56 Å². The van der Waals surface area contributed by atoms with Gasteiger partial charge in [0.2, 0.25) is 0 Å². The number of thiocarbonyl (C=S) groups is 1. The van der Waals surface area contributed by atoms with Crippen LogP contribution in [0.4, 0.5) is 0 Å². The Balaban J connectivity index is 2.70. The molecule has 4 nitrogen and oxygen atoms in total. The molecule has 0 heterocycles. The van der Waals surface area contributed by atoms with E-state index in [1.165, 1.54) is 0 Å². The average Bonchev–Trinajstić information content (AvgIpc) is 2.50. The minimum absolute atomic E-state index is 0.0226. The number of hydrogen-bond acceptors (Lipinski definition) is 5. The van der Waals surface area contributed by atoms with Gasteiger partial charge in [-0.2, -0.15) is 5.26 Å². The van der Waals surface area contributed by atoms with Crippen LogP contribution in [0.2, 0.25) is 0 Å². The lowest BCUT2D eigenvalue weighted by Gasteiger charge is -2.22. The predicted molar refractivity (Wildman–Crippen MR) is 79.1 cm³/mol. The van der Waals surface area contributed by atoms with Crippen molar-refractivity contribution in [2.45, 2.75) is 19.8 Å². The molecule has 0 fully saturated rings. The largest absolute Gasteiger partial charge is 0.463 e. The first kappa shape index (κ1) is 16.3. The van der Waals surface area contributed by atoms with Crippen LogP contribution in [0, 0.1) is 16.7 Å². The van der Waals surface area contributed by atoms with Crippen molar-refractivity contribution >= 4 is 23.1 Å². The molecule has 0 aliphatic rings. The molecular formula is C15H17NO3S. The number of ether oxygens (including phenoxy) is 1. The Morgan fingerprint density at radius 1 is 1.45 bits per heavy atom. The highest BCUT2D eigenvalue weighted by molar-refractivity contribution is 7.81. The first-order valence-electron chi connectivity index (χ1n) is 6.31. The second-order valence-corrected chi connectivity index (χ2v) is 4.99. The van der Waals surface area contributed by atoms with E-state index in [-0.39, 0.29) is 19.6 Å². The zero-order valence-corrected chi connectivity index (χ0v) is 12.2. The third kappa shape index (κ3) is 4.41. The summed E-state index contributed by atoms with van der Waals surface area (Å²) < 4.78 is 4.77. The van der Waals surface area contributed by atoms with E-state index < -0.39 is 11.4 Å². The van der Waals surface area contributed by atoms with Gasteiger partial charge in [0.15, 0.2) is 0 Å². The number of aliphatic hydroxyl groups excluding tert-OH is 1. The van der Waals surface area contributed by atoms with Gasteiger partial charge in [0.05, 0.1) is 18.1 Å². The summed E-state index contributed by atoms with van der Waals surface area (Å²) in [5.74, 6) is -0.434. The zero-order chi connectivity index (χ0) is 15.0. The van der Waals surface area contributed by atoms with Crippen LogP contribution in [-0.4, -0.2) is 29.2 Å². The van der Waals surface area contributed by atoms with Gasteiger partial charge < -0.3 is 9.84 Å². The molecular weight excluding hydrogens is 274 g/mol. The first-order valence-corrected chi connectivity index (χ1v) is 6.72. The molecule has 1 N–H and O–H groups in total. The molecule has 5 heteroatoms. The Labute approximate surface area is 124 Å². The molecule has 0 aromatic heterocycles. The Kier molecular flexibility index (Phi) is 6.29. The molecule has 0 aliphatic heterocycles. The van der Waals surface area contributed by atoms with E-state index in [1.54, 1.807) is 6.92 Å². The fraction of sp³-hybridized carbons (Fsp3) is 0.400. The van der Waals surface area contributed by atoms with Crippen LogP contribution < -0.4 is 0 Å². The van der Waals surface area contributed by atoms with Gasteiger partial charge in [0, 0.05) is 11.3 Å². The number of carbonyl (C=O) groups excluding carboxylic acids is 1. The van der Waals surface area contributed by atoms with E-state index >= 15 is 0 Å². The second kappa shape index (κ2) is 7.73. The molecule has 0 bridgehead atoms. The van der Waals surface area contributed by atoms with Crippen molar-refractivity contribution in [1.82, 2.24) is 0 Å². The third-order valence-corrected chi connectivity index (χ3v) is 3.65. The number of nitriles is 1. The lowest BCUT2D eigenvalue weighted by atomic mass is 9.81. The molecule has 0 spiro atoms. The van der Waals surface area contributed by atoms with Crippen molar-refractivity contribution in [3.8, 4) is 6.07 Å². The molecule has 0 radical (unpaired) electrons. The monoisotopic (exact) mass is 291 g/mol. The van der Waals surface area contributed by atoms with E-state index in [0.29, 0.717) is 11.3 Å². The number of rotatable bonds is 7. The second-order valence-electron chi connectivity index (χ2n) is 4.58. The average molecular weight is 291 g/mol. The Morgan fingerprint density at radius 3 is 2.65 bits per heavy atom. The summed E-state index contributed by atoms with van der Waals surface area (Å²) in [7, 11) is 0. The highest BCUT2D eigenvalue weighted by atomic mass is 32.1. The van der Waals surface area contributed by atoms with Crippen LogP contribution in [-0.2, 0) is 9.53 Å². The number of hydrogen-bond donors (Lipinski definition) is 1. The first-order chi connectivity index (χ1) is 9.53. The minimum atomic E-state index is -0.894. The Bertz CT molecular complexity index is 510. The molecule has 0 saturated carbocycles. The van der Waals surface area contributed by atoms with Crippen molar-refractivity contribution in [2.75, 3.05) is 13.2 Å². The van der Waals surface area contributed by atoms with Gasteiger partial charge in [-0.3, -0.25) is 4.79 Å². The molecule has 1 unspecified atom stereocenters. The summed E-state index contributed by atoms with van der Waals surface area (Å²) in [6.45, 7) is 1.50. The molecule has 106 valence electrons. The molecule has 0 amide bonds. The van der Waals surface area contributed by atoms with Crippen LogP contribution in [0.25, 0.3) is 0 Å². The maximum absolute atomic E-state index is 11.4. The van der Waals surface area contributed by atoms with E-state index in [9.17, 15) is 10.1 Å². The highest BCUT2D eigenvalue weighted by Crippen LogP contribution is 2.28. The van der Waals surface area contributed by atoms with Crippen LogP contribution in [0.1, 0.15) is 25.3 Å². The van der Waals surface area contributed by atoms with Gasteiger partial charge in [-0.25, -0.2) is 0 Å². The van der Waals surface area contributed by atoms with Crippen molar-refractivity contribution in [3.05, 3.63) is 35.9 Å².